The summed E-state index contributed by atoms with van der Waals surface area (Å²) in [4.78, 5) is 20.1. The summed E-state index contributed by atoms with van der Waals surface area (Å²) in [6, 6.07) is 5.29. The number of hydrogen-bond acceptors (Lipinski definition) is 4. The van der Waals surface area contributed by atoms with Gasteiger partial charge in [-0.05, 0) is 50.6 Å². The monoisotopic (exact) mass is 483 g/mol. The highest BCUT2D eigenvalue weighted by atomic mass is 19.1. The zero-order valence-corrected chi connectivity index (χ0v) is 20.6. The largest absolute Gasteiger partial charge is 0.339 e. The normalized spacial score (nSPS) is 11.2. The molecule has 0 unspecified atom stereocenters. The van der Waals surface area contributed by atoms with Gasteiger partial charge >= 0.3 is 0 Å². The van der Waals surface area contributed by atoms with Crippen molar-refractivity contribution in [2.24, 2.45) is 7.05 Å². The summed E-state index contributed by atoms with van der Waals surface area (Å²) in [5.74, 6) is -0.837. The number of benzene rings is 1. The number of H-pyrrole nitrogens is 1. The van der Waals surface area contributed by atoms with Gasteiger partial charge in [0.2, 0.25) is 5.91 Å². The topological polar surface area (TPSA) is 93.4 Å². The summed E-state index contributed by atoms with van der Waals surface area (Å²) in [5.41, 5.74) is 7.27. The second-order valence-corrected chi connectivity index (χ2v) is 8.68. The Balaban J connectivity index is 1.78. The maximum Gasteiger partial charge on any atom is 0.247 e. The number of anilines is 1. The molecule has 1 amide bonds. The van der Waals surface area contributed by atoms with Crippen LogP contribution in [0.5, 0.6) is 0 Å². The van der Waals surface area contributed by atoms with E-state index in [9.17, 15) is 4.79 Å². The van der Waals surface area contributed by atoms with Crippen LogP contribution < -0.4 is 5.32 Å². The molecular weight excluding hydrogens is 457 g/mol. The van der Waals surface area contributed by atoms with Crippen molar-refractivity contribution < 1.29 is 9.18 Å². The Labute approximate surface area is 207 Å². The number of aromatic nitrogens is 6. The Bertz CT molecular complexity index is 1640. The van der Waals surface area contributed by atoms with E-state index in [-0.39, 0.29) is 0 Å². The molecule has 0 fully saturated rings. The van der Waals surface area contributed by atoms with E-state index in [0.29, 0.717) is 22.5 Å². The molecule has 1 aromatic carbocycles. The van der Waals surface area contributed by atoms with Crippen LogP contribution in [0, 0.1) is 19.7 Å². The second-order valence-electron chi connectivity index (χ2n) is 8.68. The van der Waals surface area contributed by atoms with Crippen LogP contribution in [0.15, 0.2) is 55.6 Å². The molecule has 0 aliphatic rings. The molecule has 0 aliphatic heterocycles. The van der Waals surface area contributed by atoms with Gasteiger partial charge in [-0.25, -0.2) is 9.37 Å². The quantitative estimate of drug-likeness (QED) is 0.317. The molecule has 0 radical (unpaired) electrons. The van der Waals surface area contributed by atoms with E-state index in [2.05, 4.69) is 27.1 Å². The fourth-order valence-electron chi connectivity index (χ4n) is 4.47. The Morgan fingerprint density at radius 2 is 1.94 bits per heavy atom. The van der Waals surface area contributed by atoms with Crippen molar-refractivity contribution in [3.05, 3.63) is 72.7 Å². The van der Waals surface area contributed by atoms with Crippen LogP contribution in [0.3, 0.4) is 0 Å². The van der Waals surface area contributed by atoms with Gasteiger partial charge in [-0.3, -0.25) is 14.2 Å². The highest BCUT2D eigenvalue weighted by molar-refractivity contribution is 6.05. The summed E-state index contributed by atoms with van der Waals surface area (Å²) in [6.07, 6.45) is 8.44. The summed E-state index contributed by atoms with van der Waals surface area (Å²) in [6.45, 7) is 9.96. The average Bonchev–Trinajstić information content (AvgIpc) is 3.57. The van der Waals surface area contributed by atoms with Crippen LogP contribution in [0.1, 0.15) is 18.2 Å². The van der Waals surface area contributed by atoms with E-state index in [1.54, 1.807) is 23.9 Å². The molecule has 0 bridgehead atoms. The first-order chi connectivity index (χ1) is 17.3. The third kappa shape index (κ3) is 3.88. The van der Waals surface area contributed by atoms with Gasteiger partial charge in [-0.1, -0.05) is 6.58 Å². The number of carbonyl (C=O) groups excluding carboxylic acids is 1. The number of hydrogen-bond donors (Lipinski definition) is 2. The average molecular weight is 484 g/mol. The third-order valence-corrected chi connectivity index (χ3v) is 6.43. The molecule has 0 saturated carbocycles. The molecule has 8 nitrogen and oxygen atoms in total. The Morgan fingerprint density at radius 1 is 1.14 bits per heavy atom. The standard InChI is InChI=1S/C27H26FN7O/c1-6-24(36)32-23-10-17(9-22(28)15(23)3)25-20-8-18(21-13-31-35(7-2)16(21)4)11-29-27(20)33-26(25)19-12-30-34(5)14-19/h6,8-14H,1,7H2,2-5H3,(H,29,33)(H,32,36). The number of fused-ring (bicyclic) bond motifs is 1. The summed E-state index contributed by atoms with van der Waals surface area (Å²) >= 11 is 0. The van der Waals surface area contributed by atoms with E-state index in [1.165, 1.54) is 6.07 Å². The number of pyridine rings is 1. The van der Waals surface area contributed by atoms with Crippen LogP contribution >= 0.6 is 0 Å². The van der Waals surface area contributed by atoms with E-state index >= 15 is 4.39 Å². The Kier molecular flexibility index (Phi) is 5.75. The van der Waals surface area contributed by atoms with Crippen molar-refractivity contribution in [3.8, 4) is 33.5 Å². The fraction of sp³-hybridized carbons (Fsp3) is 0.185. The summed E-state index contributed by atoms with van der Waals surface area (Å²) < 4.78 is 18.8. The molecule has 5 rings (SSSR count). The molecule has 182 valence electrons. The van der Waals surface area contributed by atoms with Crippen LogP contribution in [0.4, 0.5) is 10.1 Å². The van der Waals surface area contributed by atoms with Crippen molar-refractivity contribution >= 4 is 22.6 Å². The molecule has 4 aromatic heterocycles. The molecule has 0 aliphatic carbocycles. The van der Waals surface area contributed by atoms with E-state index in [0.717, 1.165) is 51.6 Å². The number of aryl methyl sites for hydroxylation is 2. The number of carbonyl (C=O) groups is 1. The highest BCUT2D eigenvalue weighted by Gasteiger charge is 2.21. The smallest absolute Gasteiger partial charge is 0.247 e. The van der Waals surface area contributed by atoms with Crippen LogP contribution in [-0.4, -0.2) is 35.4 Å². The molecule has 0 spiro atoms. The summed E-state index contributed by atoms with van der Waals surface area (Å²) in [5, 5.41) is 12.3. The minimum absolute atomic E-state index is 0.345. The van der Waals surface area contributed by atoms with Crippen molar-refractivity contribution in [1.29, 1.82) is 0 Å². The number of halogens is 1. The molecule has 0 atom stereocenters. The van der Waals surface area contributed by atoms with Crippen LogP contribution in [0.2, 0.25) is 0 Å². The molecule has 0 saturated heterocycles. The predicted molar refractivity (Wildman–Crippen MR) is 139 cm³/mol. The summed E-state index contributed by atoms with van der Waals surface area (Å²) in [7, 11) is 1.84. The number of amides is 1. The fourth-order valence-corrected chi connectivity index (χ4v) is 4.47. The van der Waals surface area contributed by atoms with Crippen molar-refractivity contribution in [1.82, 2.24) is 29.5 Å². The lowest BCUT2D eigenvalue weighted by Crippen LogP contribution is -2.09. The molecule has 4 heterocycles. The lowest BCUT2D eigenvalue weighted by atomic mass is 9.96. The van der Waals surface area contributed by atoms with Gasteiger partial charge in [0.15, 0.2) is 0 Å². The van der Waals surface area contributed by atoms with Gasteiger partial charge in [0.05, 0.1) is 18.1 Å². The van der Waals surface area contributed by atoms with E-state index < -0.39 is 11.7 Å². The lowest BCUT2D eigenvalue weighted by molar-refractivity contribution is -0.111. The van der Waals surface area contributed by atoms with Gasteiger partial charge in [0.25, 0.3) is 0 Å². The molecule has 36 heavy (non-hydrogen) atoms. The maximum atomic E-state index is 15.1. The Morgan fingerprint density at radius 3 is 2.61 bits per heavy atom. The minimum Gasteiger partial charge on any atom is -0.339 e. The van der Waals surface area contributed by atoms with Crippen molar-refractivity contribution in [2.45, 2.75) is 27.3 Å². The molecule has 2 N–H and O–H groups in total. The van der Waals surface area contributed by atoms with E-state index in [4.69, 9.17) is 4.98 Å². The number of rotatable bonds is 6. The second kappa shape index (κ2) is 8.92. The van der Waals surface area contributed by atoms with Crippen molar-refractivity contribution in [2.75, 3.05) is 5.32 Å². The third-order valence-electron chi connectivity index (χ3n) is 6.43. The predicted octanol–water partition coefficient (Wildman–Crippen LogP) is 5.39. The maximum absolute atomic E-state index is 15.1. The van der Waals surface area contributed by atoms with Gasteiger partial charge in [0, 0.05) is 70.6 Å². The van der Waals surface area contributed by atoms with Gasteiger partial charge in [-0.2, -0.15) is 10.2 Å². The molecule has 5 aromatic rings. The zero-order chi connectivity index (χ0) is 25.6. The zero-order valence-electron chi connectivity index (χ0n) is 20.6. The molecule has 9 heteroatoms. The van der Waals surface area contributed by atoms with E-state index in [1.807, 2.05) is 50.2 Å². The van der Waals surface area contributed by atoms with Crippen LogP contribution in [0.25, 0.3) is 44.5 Å². The first-order valence-electron chi connectivity index (χ1n) is 11.6. The number of nitrogens with zero attached hydrogens (tertiary/aromatic N) is 5. The van der Waals surface area contributed by atoms with Gasteiger partial charge in [0.1, 0.15) is 11.5 Å². The minimum atomic E-state index is -0.428. The Hall–Kier alpha value is -4.53. The van der Waals surface area contributed by atoms with Crippen LogP contribution in [-0.2, 0) is 18.4 Å². The molecular formula is C27H26FN7O. The lowest BCUT2D eigenvalue weighted by Gasteiger charge is -2.12. The number of aromatic amines is 1. The van der Waals surface area contributed by atoms with Crippen molar-refractivity contribution in [3.63, 3.8) is 0 Å². The first kappa shape index (κ1) is 23.2. The first-order valence-corrected chi connectivity index (χ1v) is 11.6. The highest BCUT2D eigenvalue weighted by Crippen LogP contribution is 2.41. The SMILES string of the molecule is C=CC(=O)Nc1cc(-c2c(-c3cnn(C)c3)[nH]c3ncc(-c4cnn(CC)c4C)cc23)cc(F)c1C. The van der Waals surface area contributed by atoms with Gasteiger partial charge in [-0.15, -0.1) is 0 Å². The number of nitrogens with one attached hydrogen (secondary N) is 2. The van der Waals surface area contributed by atoms with Gasteiger partial charge < -0.3 is 10.3 Å².